The molecule has 84 valence electrons. The van der Waals surface area contributed by atoms with E-state index in [4.69, 9.17) is 16.3 Å². The van der Waals surface area contributed by atoms with Crippen LogP contribution in [0.4, 0.5) is 0 Å². The minimum atomic E-state index is -0.328. The first-order chi connectivity index (χ1) is 7.70. The third kappa shape index (κ3) is 2.17. The predicted molar refractivity (Wildman–Crippen MR) is 61.7 cm³/mol. The summed E-state index contributed by atoms with van der Waals surface area (Å²) < 4.78 is 7.00. The van der Waals surface area contributed by atoms with Gasteiger partial charge in [-0.25, -0.2) is 4.98 Å². The lowest BCUT2D eigenvalue weighted by molar-refractivity contribution is -0.133. The minimum Gasteiger partial charge on any atom is -0.426 e. The lowest BCUT2D eigenvalue weighted by Gasteiger charge is -2.02. The molecule has 0 atom stereocenters. The maximum absolute atomic E-state index is 11.2. The first-order valence-electron chi connectivity index (χ1n) is 4.88. The number of halogens is 1. The van der Waals surface area contributed by atoms with Gasteiger partial charge in [0.05, 0.1) is 23.8 Å². The van der Waals surface area contributed by atoms with Crippen molar-refractivity contribution in [3.63, 3.8) is 0 Å². The molecule has 0 N–H and O–H groups in total. The number of esters is 1. The number of aromatic nitrogens is 2. The second kappa shape index (κ2) is 4.53. The first kappa shape index (κ1) is 11.0. The summed E-state index contributed by atoms with van der Waals surface area (Å²) in [7, 11) is 1.91. The molecule has 0 bridgehead atoms. The average molecular weight is 239 g/mol. The summed E-state index contributed by atoms with van der Waals surface area (Å²) in [5.41, 5.74) is 1.80. The zero-order valence-corrected chi connectivity index (χ0v) is 9.57. The summed E-state index contributed by atoms with van der Waals surface area (Å²) in [6, 6.07) is 5.35. The van der Waals surface area contributed by atoms with Crippen LogP contribution in [0.15, 0.2) is 24.5 Å². The van der Waals surface area contributed by atoms with Crippen LogP contribution >= 0.6 is 11.6 Å². The Morgan fingerprint density at radius 1 is 1.56 bits per heavy atom. The molecule has 0 aliphatic heterocycles. The molecule has 0 spiro atoms. The van der Waals surface area contributed by atoms with E-state index in [1.54, 1.807) is 18.5 Å². The third-order valence-electron chi connectivity index (χ3n) is 2.23. The van der Waals surface area contributed by atoms with Crippen molar-refractivity contribution in [3.8, 4) is 5.75 Å². The summed E-state index contributed by atoms with van der Waals surface area (Å²) in [6.07, 6.45) is 1.93. The second-order valence-corrected chi connectivity index (χ2v) is 3.80. The molecular weight excluding hydrogens is 228 g/mol. The molecule has 0 amide bonds. The van der Waals surface area contributed by atoms with Gasteiger partial charge >= 0.3 is 5.97 Å². The molecule has 4 nitrogen and oxygen atoms in total. The number of hydrogen-bond acceptors (Lipinski definition) is 3. The molecule has 0 radical (unpaired) electrons. The van der Waals surface area contributed by atoms with Gasteiger partial charge in [-0.15, -0.1) is 11.6 Å². The first-order valence-corrected chi connectivity index (χ1v) is 5.42. The zero-order valence-electron chi connectivity index (χ0n) is 8.81. The van der Waals surface area contributed by atoms with Crippen LogP contribution in [-0.4, -0.2) is 21.4 Å². The summed E-state index contributed by atoms with van der Waals surface area (Å²) in [4.78, 5) is 15.4. The Labute approximate surface area is 97.8 Å². The normalized spacial score (nSPS) is 10.6. The number of carbonyl (C=O) groups excluding carboxylic acids is 1. The van der Waals surface area contributed by atoms with E-state index in [-0.39, 0.29) is 18.3 Å². The van der Waals surface area contributed by atoms with Gasteiger partial charge in [-0.2, -0.15) is 0 Å². The molecule has 5 heteroatoms. The fourth-order valence-electron chi connectivity index (χ4n) is 1.44. The molecular formula is C11H11ClN2O2. The Hall–Kier alpha value is -1.55. The maximum Gasteiger partial charge on any atom is 0.312 e. The van der Waals surface area contributed by atoms with Gasteiger partial charge in [0.1, 0.15) is 5.75 Å². The van der Waals surface area contributed by atoms with Crippen LogP contribution in [0.3, 0.4) is 0 Å². The number of fused-ring (bicyclic) bond motifs is 1. The van der Waals surface area contributed by atoms with E-state index < -0.39 is 0 Å². The van der Waals surface area contributed by atoms with Crippen molar-refractivity contribution in [1.82, 2.24) is 9.55 Å². The standard InChI is InChI=1S/C11H11ClN2O2/c1-14-7-13-9-6-8(2-3-10(9)14)16-11(15)4-5-12/h2-3,6-7H,4-5H2,1H3. The van der Waals surface area contributed by atoms with Crippen molar-refractivity contribution in [3.05, 3.63) is 24.5 Å². The van der Waals surface area contributed by atoms with Crippen LogP contribution in [0.25, 0.3) is 11.0 Å². The minimum absolute atomic E-state index is 0.210. The van der Waals surface area contributed by atoms with Gasteiger partial charge in [0.25, 0.3) is 0 Å². The number of rotatable bonds is 3. The van der Waals surface area contributed by atoms with Crippen molar-refractivity contribution >= 4 is 28.6 Å². The van der Waals surface area contributed by atoms with Crippen LogP contribution in [0.1, 0.15) is 6.42 Å². The van der Waals surface area contributed by atoms with E-state index in [9.17, 15) is 4.79 Å². The molecule has 0 aliphatic carbocycles. The lowest BCUT2D eigenvalue weighted by Crippen LogP contribution is -2.07. The van der Waals surface area contributed by atoms with Gasteiger partial charge < -0.3 is 9.30 Å². The molecule has 1 aromatic carbocycles. The fraction of sp³-hybridized carbons (Fsp3) is 0.273. The average Bonchev–Trinajstić information content (AvgIpc) is 2.60. The van der Waals surface area contributed by atoms with E-state index in [2.05, 4.69) is 4.98 Å². The van der Waals surface area contributed by atoms with Crippen LogP contribution in [-0.2, 0) is 11.8 Å². The number of hydrogen-bond donors (Lipinski definition) is 0. The SMILES string of the molecule is Cn1cnc2cc(OC(=O)CCCl)ccc21. The van der Waals surface area contributed by atoms with Crippen molar-refractivity contribution in [2.24, 2.45) is 7.05 Å². The molecule has 2 aromatic rings. The molecule has 1 heterocycles. The molecule has 0 unspecified atom stereocenters. The topological polar surface area (TPSA) is 44.1 Å². The highest BCUT2D eigenvalue weighted by molar-refractivity contribution is 6.18. The van der Waals surface area contributed by atoms with Crippen LogP contribution < -0.4 is 4.74 Å². The Balaban J connectivity index is 2.23. The van der Waals surface area contributed by atoms with Crippen LogP contribution in [0, 0.1) is 0 Å². The van der Waals surface area contributed by atoms with Crippen LogP contribution in [0.2, 0.25) is 0 Å². The molecule has 0 aliphatic rings. The number of carbonyl (C=O) groups is 1. The van der Waals surface area contributed by atoms with E-state index in [1.807, 2.05) is 17.7 Å². The van der Waals surface area contributed by atoms with Gasteiger partial charge in [0.2, 0.25) is 0 Å². The van der Waals surface area contributed by atoms with Crippen molar-refractivity contribution in [1.29, 1.82) is 0 Å². The fourth-order valence-corrected chi connectivity index (χ4v) is 1.59. The molecule has 1 aromatic heterocycles. The summed E-state index contributed by atoms with van der Waals surface area (Å²) in [5.74, 6) is 0.441. The summed E-state index contributed by atoms with van der Waals surface area (Å²) in [5, 5.41) is 0. The molecule has 0 saturated heterocycles. The Kier molecular flexibility index (Phi) is 3.10. The van der Waals surface area contributed by atoms with E-state index in [0.29, 0.717) is 5.75 Å². The lowest BCUT2D eigenvalue weighted by atomic mass is 10.3. The number of imidazole rings is 1. The molecule has 0 fully saturated rings. The summed E-state index contributed by atoms with van der Waals surface area (Å²) in [6.45, 7) is 0. The number of aryl methyl sites for hydroxylation is 1. The highest BCUT2D eigenvalue weighted by Crippen LogP contribution is 2.19. The third-order valence-corrected chi connectivity index (χ3v) is 2.42. The number of ether oxygens (including phenoxy) is 1. The predicted octanol–water partition coefficient (Wildman–Crippen LogP) is 2.11. The highest BCUT2D eigenvalue weighted by Gasteiger charge is 2.06. The molecule has 2 rings (SSSR count). The second-order valence-electron chi connectivity index (χ2n) is 3.42. The zero-order chi connectivity index (χ0) is 11.5. The van der Waals surface area contributed by atoms with Crippen molar-refractivity contribution in [2.45, 2.75) is 6.42 Å². The van der Waals surface area contributed by atoms with Crippen molar-refractivity contribution in [2.75, 3.05) is 5.88 Å². The van der Waals surface area contributed by atoms with Crippen molar-refractivity contribution < 1.29 is 9.53 Å². The Morgan fingerprint density at radius 3 is 3.12 bits per heavy atom. The largest absolute Gasteiger partial charge is 0.426 e. The molecule has 16 heavy (non-hydrogen) atoms. The smallest absolute Gasteiger partial charge is 0.312 e. The Morgan fingerprint density at radius 2 is 2.38 bits per heavy atom. The summed E-state index contributed by atoms with van der Waals surface area (Å²) >= 11 is 5.44. The van der Waals surface area contributed by atoms with E-state index in [1.165, 1.54) is 0 Å². The van der Waals surface area contributed by atoms with Gasteiger partial charge in [0, 0.05) is 19.0 Å². The number of nitrogens with zero attached hydrogens (tertiary/aromatic N) is 2. The van der Waals surface area contributed by atoms with Gasteiger partial charge in [-0.1, -0.05) is 0 Å². The number of alkyl halides is 1. The quantitative estimate of drug-likeness (QED) is 0.467. The van der Waals surface area contributed by atoms with E-state index in [0.717, 1.165) is 11.0 Å². The monoisotopic (exact) mass is 238 g/mol. The highest BCUT2D eigenvalue weighted by atomic mass is 35.5. The van der Waals surface area contributed by atoms with Gasteiger partial charge in [-0.3, -0.25) is 4.79 Å². The van der Waals surface area contributed by atoms with Gasteiger partial charge in [0.15, 0.2) is 0 Å². The van der Waals surface area contributed by atoms with E-state index >= 15 is 0 Å². The van der Waals surface area contributed by atoms with Gasteiger partial charge in [-0.05, 0) is 12.1 Å². The van der Waals surface area contributed by atoms with Crippen LogP contribution in [0.5, 0.6) is 5.75 Å². The molecule has 0 saturated carbocycles. The maximum atomic E-state index is 11.2. The Bertz CT molecular complexity index is 522. The number of benzene rings is 1.